The molecule has 2 heterocycles. The van der Waals surface area contributed by atoms with Crippen molar-refractivity contribution in [2.45, 2.75) is 38.3 Å². The van der Waals surface area contributed by atoms with Gasteiger partial charge in [-0.25, -0.2) is 9.37 Å². The molecule has 3 nitrogen and oxygen atoms in total. The molecule has 22 heavy (non-hydrogen) atoms. The SMILES string of the molecule is Nc1ncccc1CN1CCCCCC1c1cccc(F)c1. The largest absolute Gasteiger partial charge is 0.383 e. The van der Waals surface area contributed by atoms with Crippen LogP contribution in [0.25, 0.3) is 0 Å². The standard InChI is InChI=1S/C18H22FN3/c19-16-8-4-6-14(12-16)17-9-2-1-3-11-22(17)13-15-7-5-10-21-18(15)20/h4-8,10,12,17H,1-3,9,11,13H2,(H2,20,21). The molecule has 116 valence electrons. The van der Waals surface area contributed by atoms with E-state index >= 15 is 0 Å². The third kappa shape index (κ3) is 3.45. The smallest absolute Gasteiger partial charge is 0.127 e. The van der Waals surface area contributed by atoms with Gasteiger partial charge in [0.05, 0.1) is 0 Å². The average Bonchev–Trinajstić information content (AvgIpc) is 2.75. The summed E-state index contributed by atoms with van der Waals surface area (Å²) < 4.78 is 13.6. The summed E-state index contributed by atoms with van der Waals surface area (Å²) >= 11 is 0. The van der Waals surface area contributed by atoms with E-state index in [1.54, 1.807) is 18.3 Å². The fourth-order valence-corrected chi connectivity index (χ4v) is 3.25. The van der Waals surface area contributed by atoms with Gasteiger partial charge in [-0.05, 0) is 43.1 Å². The molecule has 0 aliphatic carbocycles. The second-order valence-corrected chi connectivity index (χ2v) is 5.94. The third-order valence-electron chi connectivity index (χ3n) is 4.40. The van der Waals surface area contributed by atoms with E-state index in [1.165, 1.54) is 25.3 Å². The molecule has 0 saturated carbocycles. The Hall–Kier alpha value is -1.94. The van der Waals surface area contributed by atoms with Gasteiger partial charge < -0.3 is 5.73 Å². The molecule has 0 amide bonds. The molecule has 0 radical (unpaired) electrons. The molecule has 3 rings (SSSR count). The minimum Gasteiger partial charge on any atom is -0.383 e. The Labute approximate surface area is 131 Å². The summed E-state index contributed by atoms with van der Waals surface area (Å²) in [5, 5.41) is 0. The third-order valence-corrected chi connectivity index (χ3v) is 4.40. The number of nitrogens with zero attached hydrogens (tertiary/aromatic N) is 2. The molecular weight excluding hydrogens is 277 g/mol. The van der Waals surface area contributed by atoms with Crippen LogP contribution in [0, 0.1) is 5.82 Å². The lowest BCUT2D eigenvalue weighted by Crippen LogP contribution is -2.28. The Morgan fingerprint density at radius 1 is 1.18 bits per heavy atom. The van der Waals surface area contributed by atoms with Crippen LogP contribution in [-0.4, -0.2) is 16.4 Å². The molecule has 0 spiro atoms. The van der Waals surface area contributed by atoms with Crippen molar-refractivity contribution < 1.29 is 4.39 Å². The number of pyridine rings is 1. The summed E-state index contributed by atoms with van der Waals surface area (Å²) in [6.45, 7) is 1.77. The maximum Gasteiger partial charge on any atom is 0.127 e. The molecule has 1 aliphatic rings. The fraction of sp³-hybridized carbons (Fsp3) is 0.389. The monoisotopic (exact) mass is 299 g/mol. The number of hydrogen-bond acceptors (Lipinski definition) is 3. The average molecular weight is 299 g/mol. The number of aromatic nitrogens is 1. The lowest BCUT2D eigenvalue weighted by Gasteiger charge is -2.30. The molecule has 4 heteroatoms. The summed E-state index contributed by atoms with van der Waals surface area (Å²) in [4.78, 5) is 6.58. The highest BCUT2D eigenvalue weighted by atomic mass is 19.1. The summed E-state index contributed by atoms with van der Waals surface area (Å²) in [5.41, 5.74) is 8.09. The van der Waals surface area contributed by atoms with Crippen LogP contribution in [0.5, 0.6) is 0 Å². The van der Waals surface area contributed by atoms with Gasteiger partial charge in [-0.2, -0.15) is 0 Å². The van der Waals surface area contributed by atoms with Crippen LogP contribution in [0.1, 0.15) is 42.9 Å². The first-order chi connectivity index (χ1) is 10.7. The van der Waals surface area contributed by atoms with Crippen LogP contribution >= 0.6 is 0 Å². The van der Waals surface area contributed by atoms with Gasteiger partial charge in [0.25, 0.3) is 0 Å². The van der Waals surface area contributed by atoms with E-state index in [4.69, 9.17) is 5.73 Å². The van der Waals surface area contributed by atoms with Crippen molar-refractivity contribution in [3.63, 3.8) is 0 Å². The van der Waals surface area contributed by atoms with Crippen molar-refractivity contribution in [1.82, 2.24) is 9.88 Å². The normalized spacial score (nSPS) is 19.8. The predicted molar refractivity (Wildman–Crippen MR) is 86.7 cm³/mol. The number of halogens is 1. The molecule has 2 N–H and O–H groups in total. The predicted octanol–water partition coefficient (Wildman–Crippen LogP) is 3.92. The van der Waals surface area contributed by atoms with Crippen LogP contribution in [0.15, 0.2) is 42.6 Å². The van der Waals surface area contributed by atoms with E-state index in [9.17, 15) is 4.39 Å². The maximum atomic E-state index is 13.6. The number of rotatable bonds is 3. The zero-order valence-corrected chi connectivity index (χ0v) is 12.7. The van der Waals surface area contributed by atoms with Gasteiger partial charge in [0.2, 0.25) is 0 Å². The van der Waals surface area contributed by atoms with Crippen LogP contribution in [0.3, 0.4) is 0 Å². The molecule has 1 aliphatic heterocycles. The minimum absolute atomic E-state index is 0.164. The Balaban J connectivity index is 1.86. The Bertz CT molecular complexity index is 629. The number of anilines is 1. The summed E-state index contributed by atoms with van der Waals surface area (Å²) in [6, 6.07) is 11.2. The lowest BCUT2D eigenvalue weighted by atomic mass is 10.00. The number of likely N-dealkylation sites (tertiary alicyclic amines) is 1. The Morgan fingerprint density at radius 3 is 2.91 bits per heavy atom. The van der Waals surface area contributed by atoms with E-state index in [0.29, 0.717) is 5.82 Å². The molecule has 1 atom stereocenters. The minimum atomic E-state index is -0.164. The Morgan fingerprint density at radius 2 is 2.09 bits per heavy atom. The Kier molecular flexibility index (Phi) is 4.68. The summed E-state index contributed by atoms with van der Waals surface area (Å²) in [6.07, 6.45) is 6.35. The number of nitrogens with two attached hydrogens (primary N) is 1. The molecule has 0 bridgehead atoms. The van der Waals surface area contributed by atoms with Crippen LogP contribution < -0.4 is 5.73 Å². The highest BCUT2D eigenvalue weighted by Crippen LogP contribution is 2.32. The van der Waals surface area contributed by atoms with Gasteiger partial charge in [-0.3, -0.25) is 4.90 Å². The van der Waals surface area contributed by atoms with Crippen molar-refractivity contribution in [3.8, 4) is 0 Å². The van der Waals surface area contributed by atoms with Gasteiger partial charge in [0.1, 0.15) is 11.6 Å². The lowest BCUT2D eigenvalue weighted by molar-refractivity contribution is 0.192. The van der Waals surface area contributed by atoms with Gasteiger partial charge in [0, 0.05) is 24.3 Å². The maximum absolute atomic E-state index is 13.6. The van der Waals surface area contributed by atoms with E-state index in [2.05, 4.69) is 9.88 Å². The number of benzene rings is 1. The first-order valence-electron chi connectivity index (χ1n) is 7.93. The van der Waals surface area contributed by atoms with Crippen molar-refractivity contribution >= 4 is 5.82 Å². The highest BCUT2D eigenvalue weighted by molar-refractivity contribution is 5.38. The van der Waals surface area contributed by atoms with E-state index < -0.39 is 0 Å². The number of hydrogen-bond donors (Lipinski definition) is 1. The van der Waals surface area contributed by atoms with Gasteiger partial charge in [-0.15, -0.1) is 0 Å². The van der Waals surface area contributed by atoms with Crippen molar-refractivity contribution in [3.05, 3.63) is 59.5 Å². The number of nitrogen functional groups attached to an aromatic ring is 1. The molecule has 2 aromatic rings. The first-order valence-corrected chi connectivity index (χ1v) is 7.93. The van der Waals surface area contributed by atoms with Crippen molar-refractivity contribution in [2.24, 2.45) is 0 Å². The van der Waals surface area contributed by atoms with E-state index in [-0.39, 0.29) is 11.9 Å². The molecule has 1 fully saturated rings. The summed E-state index contributed by atoms with van der Waals surface area (Å²) in [5.74, 6) is 0.423. The zero-order chi connectivity index (χ0) is 15.4. The molecule has 1 unspecified atom stereocenters. The van der Waals surface area contributed by atoms with Crippen LogP contribution in [0.4, 0.5) is 10.2 Å². The first kappa shape index (κ1) is 15.0. The van der Waals surface area contributed by atoms with Gasteiger partial charge >= 0.3 is 0 Å². The van der Waals surface area contributed by atoms with Gasteiger partial charge in [0.15, 0.2) is 0 Å². The van der Waals surface area contributed by atoms with E-state index in [1.807, 2.05) is 18.2 Å². The van der Waals surface area contributed by atoms with Crippen molar-refractivity contribution in [2.75, 3.05) is 12.3 Å². The van der Waals surface area contributed by atoms with Crippen LogP contribution in [0.2, 0.25) is 0 Å². The molecule has 1 saturated heterocycles. The van der Waals surface area contributed by atoms with E-state index in [0.717, 1.165) is 30.6 Å². The highest BCUT2D eigenvalue weighted by Gasteiger charge is 2.23. The molecule has 1 aromatic heterocycles. The second kappa shape index (κ2) is 6.88. The van der Waals surface area contributed by atoms with Crippen LogP contribution in [-0.2, 0) is 6.54 Å². The fourth-order valence-electron chi connectivity index (χ4n) is 3.25. The van der Waals surface area contributed by atoms with Gasteiger partial charge in [-0.1, -0.05) is 31.0 Å². The molecular formula is C18H22FN3. The topological polar surface area (TPSA) is 42.1 Å². The summed E-state index contributed by atoms with van der Waals surface area (Å²) in [7, 11) is 0. The quantitative estimate of drug-likeness (QED) is 0.934. The van der Waals surface area contributed by atoms with Crippen molar-refractivity contribution in [1.29, 1.82) is 0 Å². The molecule has 1 aromatic carbocycles. The zero-order valence-electron chi connectivity index (χ0n) is 12.7. The second-order valence-electron chi connectivity index (χ2n) is 5.94.